The van der Waals surface area contributed by atoms with Crippen molar-refractivity contribution in [3.05, 3.63) is 54.1 Å². The molecular weight excluding hydrogens is 306 g/mol. The average molecular weight is 327 g/mol. The summed E-state index contributed by atoms with van der Waals surface area (Å²) in [6.45, 7) is 1.24. The molecule has 1 saturated heterocycles. The Morgan fingerprint density at radius 2 is 1.92 bits per heavy atom. The molecular formula is C19H21NO4. The predicted octanol–water partition coefficient (Wildman–Crippen LogP) is 3.51. The Morgan fingerprint density at radius 3 is 2.67 bits per heavy atom. The summed E-state index contributed by atoms with van der Waals surface area (Å²) in [7, 11) is 1.57. The van der Waals surface area contributed by atoms with Crippen LogP contribution < -0.4 is 14.8 Å². The molecule has 5 nitrogen and oxygen atoms in total. The zero-order chi connectivity index (χ0) is 16.8. The number of nitrogens with one attached hydrogen (secondary N) is 1. The van der Waals surface area contributed by atoms with E-state index in [1.54, 1.807) is 31.4 Å². The second-order valence-electron chi connectivity index (χ2n) is 5.60. The third-order valence-corrected chi connectivity index (χ3v) is 3.94. The standard InChI is InChI=1S/C19H21NO4/c1-22-18-11-5-3-9-16(18)20-19(21)15-8-2-4-10-17(15)24-13-14-7-6-12-23-14/h2-5,8-11,14H,6-7,12-13H2,1H3,(H,20,21). The van der Waals surface area contributed by atoms with Gasteiger partial charge in [0.1, 0.15) is 18.1 Å². The number of ether oxygens (including phenoxy) is 3. The van der Waals surface area contributed by atoms with E-state index in [1.807, 2.05) is 24.3 Å². The molecule has 1 N–H and O–H groups in total. The Balaban J connectivity index is 1.72. The molecule has 2 aromatic carbocycles. The van der Waals surface area contributed by atoms with Crippen LogP contribution in [0, 0.1) is 0 Å². The van der Waals surface area contributed by atoms with E-state index in [0.717, 1.165) is 19.4 Å². The SMILES string of the molecule is COc1ccccc1NC(=O)c1ccccc1OCC1CCCO1. The number of amides is 1. The van der Waals surface area contributed by atoms with Crippen molar-refractivity contribution in [2.45, 2.75) is 18.9 Å². The Bertz CT molecular complexity index is 695. The van der Waals surface area contributed by atoms with Crippen molar-refractivity contribution in [3.8, 4) is 11.5 Å². The van der Waals surface area contributed by atoms with E-state index in [0.29, 0.717) is 29.4 Å². The Morgan fingerprint density at radius 1 is 1.17 bits per heavy atom. The zero-order valence-electron chi connectivity index (χ0n) is 13.7. The van der Waals surface area contributed by atoms with Gasteiger partial charge in [-0.3, -0.25) is 4.79 Å². The largest absolute Gasteiger partial charge is 0.495 e. The lowest BCUT2D eigenvalue weighted by atomic mass is 10.1. The van der Waals surface area contributed by atoms with E-state index < -0.39 is 0 Å². The number of methoxy groups -OCH3 is 1. The molecule has 0 aromatic heterocycles. The molecule has 1 atom stereocenters. The van der Waals surface area contributed by atoms with Gasteiger partial charge in [0.25, 0.3) is 5.91 Å². The van der Waals surface area contributed by atoms with E-state index >= 15 is 0 Å². The second-order valence-corrected chi connectivity index (χ2v) is 5.60. The van der Waals surface area contributed by atoms with Gasteiger partial charge < -0.3 is 19.5 Å². The number of rotatable bonds is 6. The summed E-state index contributed by atoms with van der Waals surface area (Å²) >= 11 is 0. The molecule has 0 spiro atoms. The van der Waals surface area contributed by atoms with E-state index in [4.69, 9.17) is 14.2 Å². The van der Waals surface area contributed by atoms with Crippen molar-refractivity contribution in [2.75, 3.05) is 25.6 Å². The van der Waals surface area contributed by atoms with Crippen LogP contribution in [0.1, 0.15) is 23.2 Å². The number of para-hydroxylation sites is 3. The summed E-state index contributed by atoms with van der Waals surface area (Å²) in [5, 5.41) is 2.87. The van der Waals surface area contributed by atoms with Crippen molar-refractivity contribution in [1.82, 2.24) is 0 Å². The Kier molecular flexibility index (Phi) is 5.33. The van der Waals surface area contributed by atoms with Gasteiger partial charge in [0, 0.05) is 6.61 Å². The van der Waals surface area contributed by atoms with Crippen molar-refractivity contribution in [1.29, 1.82) is 0 Å². The number of hydrogen-bond donors (Lipinski definition) is 1. The lowest BCUT2D eigenvalue weighted by molar-refractivity contribution is 0.0673. The number of carbonyl (C=O) groups is 1. The van der Waals surface area contributed by atoms with Crippen LogP contribution in [0.15, 0.2) is 48.5 Å². The normalized spacial score (nSPS) is 16.6. The molecule has 0 aliphatic carbocycles. The fourth-order valence-corrected chi connectivity index (χ4v) is 2.68. The van der Waals surface area contributed by atoms with Gasteiger partial charge in [-0.1, -0.05) is 24.3 Å². The van der Waals surface area contributed by atoms with Crippen molar-refractivity contribution < 1.29 is 19.0 Å². The maximum absolute atomic E-state index is 12.6. The quantitative estimate of drug-likeness (QED) is 0.882. The summed E-state index contributed by atoms with van der Waals surface area (Å²) < 4.78 is 16.6. The first-order valence-electron chi connectivity index (χ1n) is 8.05. The fourth-order valence-electron chi connectivity index (χ4n) is 2.68. The van der Waals surface area contributed by atoms with Gasteiger partial charge in [-0.2, -0.15) is 0 Å². The van der Waals surface area contributed by atoms with Crippen LogP contribution in [-0.2, 0) is 4.74 Å². The highest BCUT2D eigenvalue weighted by Crippen LogP contribution is 2.26. The summed E-state index contributed by atoms with van der Waals surface area (Å²) in [5.74, 6) is 0.937. The minimum atomic E-state index is -0.234. The van der Waals surface area contributed by atoms with E-state index in [9.17, 15) is 4.79 Å². The molecule has 1 amide bonds. The molecule has 1 heterocycles. The van der Waals surface area contributed by atoms with Gasteiger partial charge in [0.15, 0.2) is 0 Å². The summed E-state index contributed by atoms with van der Waals surface area (Å²) in [4.78, 5) is 12.6. The van der Waals surface area contributed by atoms with Crippen LogP contribution in [0.25, 0.3) is 0 Å². The van der Waals surface area contributed by atoms with Crippen LogP contribution in [0.4, 0.5) is 5.69 Å². The highest BCUT2D eigenvalue weighted by atomic mass is 16.5. The third kappa shape index (κ3) is 3.86. The van der Waals surface area contributed by atoms with Crippen molar-refractivity contribution in [2.24, 2.45) is 0 Å². The molecule has 1 unspecified atom stereocenters. The number of anilines is 1. The first-order chi connectivity index (χ1) is 11.8. The smallest absolute Gasteiger partial charge is 0.259 e. The summed E-state index contributed by atoms with van der Waals surface area (Å²) in [6, 6.07) is 14.5. The van der Waals surface area contributed by atoms with Crippen LogP contribution in [-0.4, -0.2) is 32.3 Å². The topological polar surface area (TPSA) is 56.8 Å². The number of carbonyl (C=O) groups excluding carboxylic acids is 1. The molecule has 2 aromatic rings. The molecule has 3 rings (SSSR count). The second kappa shape index (κ2) is 7.84. The summed E-state index contributed by atoms with van der Waals surface area (Å²) in [6.07, 6.45) is 2.16. The molecule has 5 heteroatoms. The van der Waals surface area contributed by atoms with E-state index in [2.05, 4.69) is 5.32 Å². The third-order valence-electron chi connectivity index (χ3n) is 3.94. The highest BCUT2D eigenvalue weighted by Gasteiger charge is 2.18. The van der Waals surface area contributed by atoms with E-state index in [-0.39, 0.29) is 12.0 Å². The first-order valence-corrected chi connectivity index (χ1v) is 8.05. The lowest BCUT2D eigenvalue weighted by Crippen LogP contribution is -2.19. The molecule has 126 valence electrons. The van der Waals surface area contributed by atoms with Gasteiger partial charge >= 0.3 is 0 Å². The average Bonchev–Trinajstić information content (AvgIpc) is 3.14. The van der Waals surface area contributed by atoms with Crippen LogP contribution in [0.3, 0.4) is 0 Å². The zero-order valence-corrected chi connectivity index (χ0v) is 13.7. The molecule has 24 heavy (non-hydrogen) atoms. The Labute approximate surface area is 141 Å². The van der Waals surface area contributed by atoms with Gasteiger partial charge in [-0.15, -0.1) is 0 Å². The van der Waals surface area contributed by atoms with Gasteiger partial charge in [-0.25, -0.2) is 0 Å². The molecule has 1 aliphatic rings. The number of benzene rings is 2. The maximum atomic E-state index is 12.6. The van der Waals surface area contributed by atoms with Crippen molar-refractivity contribution >= 4 is 11.6 Å². The first kappa shape index (κ1) is 16.3. The lowest BCUT2D eigenvalue weighted by Gasteiger charge is -2.15. The van der Waals surface area contributed by atoms with Gasteiger partial charge in [0.05, 0.1) is 24.5 Å². The Hall–Kier alpha value is -2.53. The van der Waals surface area contributed by atoms with Crippen LogP contribution in [0.2, 0.25) is 0 Å². The molecule has 0 saturated carbocycles. The van der Waals surface area contributed by atoms with Crippen LogP contribution in [0.5, 0.6) is 11.5 Å². The van der Waals surface area contributed by atoms with Crippen LogP contribution >= 0.6 is 0 Å². The van der Waals surface area contributed by atoms with E-state index in [1.165, 1.54) is 0 Å². The molecule has 0 bridgehead atoms. The fraction of sp³-hybridized carbons (Fsp3) is 0.316. The molecule has 0 radical (unpaired) electrons. The monoisotopic (exact) mass is 327 g/mol. The van der Waals surface area contributed by atoms with Gasteiger partial charge in [0.2, 0.25) is 0 Å². The predicted molar refractivity (Wildman–Crippen MR) is 91.9 cm³/mol. The number of hydrogen-bond acceptors (Lipinski definition) is 4. The summed E-state index contributed by atoms with van der Waals surface area (Å²) in [5.41, 5.74) is 1.11. The van der Waals surface area contributed by atoms with Gasteiger partial charge in [-0.05, 0) is 37.1 Å². The minimum absolute atomic E-state index is 0.107. The highest BCUT2D eigenvalue weighted by molar-refractivity contribution is 6.06. The maximum Gasteiger partial charge on any atom is 0.259 e. The molecule has 1 fully saturated rings. The molecule has 1 aliphatic heterocycles. The minimum Gasteiger partial charge on any atom is -0.495 e. The van der Waals surface area contributed by atoms with Crippen molar-refractivity contribution in [3.63, 3.8) is 0 Å².